The van der Waals surface area contributed by atoms with Crippen molar-refractivity contribution in [2.24, 2.45) is 0 Å². The van der Waals surface area contributed by atoms with Gasteiger partial charge in [-0.05, 0) is 51.0 Å². The number of carbonyl (C=O) groups is 2. The first kappa shape index (κ1) is 17.1. The van der Waals surface area contributed by atoms with Gasteiger partial charge in [0.25, 0.3) is 0 Å². The third-order valence-electron chi connectivity index (χ3n) is 3.80. The number of rotatable bonds is 13. The lowest BCUT2D eigenvalue weighted by Gasteiger charge is -2.18. The maximum absolute atomic E-state index is 11.7. The third-order valence-corrected chi connectivity index (χ3v) is 3.80. The quantitative estimate of drug-likeness (QED) is 0.490. The molecule has 0 amide bonds. The Morgan fingerprint density at radius 3 is 1.95 bits per heavy atom. The molecule has 4 heteroatoms. The maximum Gasteiger partial charge on any atom is 0.159 e. The van der Waals surface area contributed by atoms with Gasteiger partial charge in [0, 0.05) is 32.3 Å². The van der Waals surface area contributed by atoms with Crippen LogP contribution in [0, 0.1) is 12.8 Å². The number of ketones is 2. The van der Waals surface area contributed by atoms with Crippen LogP contribution < -0.4 is 0 Å². The Hall–Kier alpha value is -1.26. The van der Waals surface area contributed by atoms with Crippen molar-refractivity contribution >= 4 is 11.6 Å². The van der Waals surface area contributed by atoms with Crippen LogP contribution in [0.5, 0.6) is 0 Å². The third kappa shape index (κ3) is 6.67. The highest BCUT2D eigenvalue weighted by atomic mass is 16.5. The molecule has 22 heavy (non-hydrogen) atoms. The average Bonchev–Trinajstić information content (AvgIpc) is 3.36. The number of ether oxygens (including phenoxy) is 1. The molecule has 4 nitrogen and oxygen atoms in total. The molecule has 0 heterocycles. The van der Waals surface area contributed by atoms with Crippen LogP contribution in [-0.4, -0.2) is 49.8 Å². The van der Waals surface area contributed by atoms with Crippen LogP contribution in [0.1, 0.15) is 32.1 Å². The minimum absolute atomic E-state index is 0.00578. The second kappa shape index (κ2) is 8.39. The minimum Gasteiger partial charge on any atom is -0.378 e. The van der Waals surface area contributed by atoms with Crippen molar-refractivity contribution in [2.75, 3.05) is 27.2 Å². The molecule has 0 aromatic heterocycles. The molecule has 2 aliphatic rings. The SMILES string of the molecule is CN(C)CCCOC(CCC(=O)C1=C[CH]1)CCC(=O)C1=C[CH]1. The minimum atomic E-state index is -0.00578. The van der Waals surface area contributed by atoms with Gasteiger partial charge in [0.15, 0.2) is 11.6 Å². The molecule has 0 bridgehead atoms. The van der Waals surface area contributed by atoms with Crippen molar-refractivity contribution in [3.63, 3.8) is 0 Å². The Balaban J connectivity index is 1.68. The molecule has 120 valence electrons. The summed E-state index contributed by atoms with van der Waals surface area (Å²) in [4.78, 5) is 25.6. The summed E-state index contributed by atoms with van der Waals surface area (Å²) in [7, 11) is 4.07. The van der Waals surface area contributed by atoms with Gasteiger partial charge in [0.05, 0.1) is 6.10 Å². The Kier molecular flexibility index (Phi) is 6.52. The predicted octanol–water partition coefficient (Wildman–Crippen LogP) is 2.31. The van der Waals surface area contributed by atoms with E-state index < -0.39 is 0 Å². The van der Waals surface area contributed by atoms with Crippen LogP contribution in [0.25, 0.3) is 0 Å². The van der Waals surface area contributed by atoms with Crippen molar-refractivity contribution in [3.8, 4) is 0 Å². The van der Waals surface area contributed by atoms with Gasteiger partial charge in [-0.25, -0.2) is 0 Å². The summed E-state index contributed by atoms with van der Waals surface area (Å²) < 4.78 is 5.90. The van der Waals surface area contributed by atoms with Gasteiger partial charge < -0.3 is 9.64 Å². The van der Waals surface area contributed by atoms with Gasteiger partial charge in [0.1, 0.15) is 0 Å². The molecule has 0 saturated carbocycles. The Morgan fingerprint density at radius 2 is 1.55 bits per heavy atom. The summed E-state index contributed by atoms with van der Waals surface area (Å²) in [6.45, 7) is 1.66. The van der Waals surface area contributed by atoms with Crippen LogP contribution >= 0.6 is 0 Å². The number of nitrogens with zero attached hydrogens (tertiary/aromatic N) is 1. The van der Waals surface area contributed by atoms with Gasteiger partial charge in [-0.2, -0.15) is 0 Å². The monoisotopic (exact) mass is 303 g/mol. The van der Waals surface area contributed by atoms with Gasteiger partial charge in [-0.3, -0.25) is 9.59 Å². The summed E-state index contributed by atoms with van der Waals surface area (Å²) in [6, 6.07) is 0. The molecule has 0 aromatic rings. The van der Waals surface area contributed by atoms with Crippen molar-refractivity contribution < 1.29 is 14.3 Å². The zero-order valence-electron chi connectivity index (χ0n) is 13.5. The summed E-state index contributed by atoms with van der Waals surface area (Å²) in [5.74, 6) is 0.373. The van der Waals surface area contributed by atoms with Crippen molar-refractivity contribution in [3.05, 3.63) is 36.1 Å². The van der Waals surface area contributed by atoms with E-state index in [0.29, 0.717) is 32.3 Å². The molecule has 2 aliphatic carbocycles. The number of carbonyl (C=O) groups excluding carboxylic acids is 2. The molecule has 0 fully saturated rings. The van der Waals surface area contributed by atoms with E-state index >= 15 is 0 Å². The molecular formula is C18H25NO3. The summed E-state index contributed by atoms with van der Waals surface area (Å²) in [5.41, 5.74) is 1.67. The van der Waals surface area contributed by atoms with Crippen molar-refractivity contribution in [1.82, 2.24) is 4.90 Å². The first-order valence-corrected chi connectivity index (χ1v) is 7.99. The zero-order chi connectivity index (χ0) is 15.9. The van der Waals surface area contributed by atoms with E-state index in [0.717, 1.165) is 24.1 Å². The van der Waals surface area contributed by atoms with Gasteiger partial charge >= 0.3 is 0 Å². The molecule has 0 N–H and O–H groups in total. The van der Waals surface area contributed by atoms with Crippen LogP contribution in [-0.2, 0) is 14.3 Å². The standard InChI is InChI=1S/C18H25NO3/c1-19(2)12-3-13-22-16(8-10-17(20)14-4-5-14)9-11-18(21)15-6-7-15/h4-7,16H,3,8-13H2,1-2H3. The highest BCUT2D eigenvalue weighted by molar-refractivity contribution is 6.03. The number of Topliss-reactive ketones (excluding diaryl/α,β-unsaturated/α-hetero) is 2. The molecule has 0 atom stereocenters. The fourth-order valence-electron chi connectivity index (χ4n) is 2.27. The summed E-state index contributed by atoms with van der Waals surface area (Å²) in [5, 5.41) is 0. The topological polar surface area (TPSA) is 46.6 Å². The molecule has 0 spiro atoms. The van der Waals surface area contributed by atoms with E-state index in [4.69, 9.17) is 4.74 Å². The maximum atomic E-state index is 11.7. The smallest absolute Gasteiger partial charge is 0.159 e. The van der Waals surface area contributed by atoms with E-state index in [1.54, 1.807) is 0 Å². The summed E-state index contributed by atoms with van der Waals surface area (Å²) >= 11 is 0. The van der Waals surface area contributed by atoms with E-state index in [1.807, 2.05) is 39.1 Å². The fraction of sp³-hybridized carbons (Fsp3) is 0.556. The van der Waals surface area contributed by atoms with Gasteiger partial charge in [-0.1, -0.05) is 12.2 Å². The molecule has 0 aliphatic heterocycles. The molecule has 0 saturated heterocycles. The van der Waals surface area contributed by atoms with E-state index in [-0.39, 0.29) is 17.7 Å². The van der Waals surface area contributed by atoms with Crippen LogP contribution in [0.3, 0.4) is 0 Å². The van der Waals surface area contributed by atoms with Crippen molar-refractivity contribution in [2.45, 2.75) is 38.2 Å². The lowest BCUT2D eigenvalue weighted by molar-refractivity contribution is -0.116. The first-order valence-electron chi connectivity index (χ1n) is 7.99. The van der Waals surface area contributed by atoms with Crippen molar-refractivity contribution in [1.29, 1.82) is 0 Å². The number of allylic oxidation sites excluding steroid dienone is 4. The van der Waals surface area contributed by atoms with E-state index in [2.05, 4.69) is 4.90 Å². The second-order valence-electron chi connectivity index (χ2n) is 6.15. The first-order chi connectivity index (χ1) is 10.6. The van der Waals surface area contributed by atoms with Crippen LogP contribution in [0.2, 0.25) is 0 Å². The van der Waals surface area contributed by atoms with Crippen LogP contribution in [0.15, 0.2) is 23.3 Å². The Morgan fingerprint density at radius 1 is 1.05 bits per heavy atom. The predicted molar refractivity (Wildman–Crippen MR) is 86.2 cm³/mol. The highest BCUT2D eigenvalue weighted by Crippen LogP contribution is 2.23. The normalized spacial score (nSPS) is 15.8. The van der Waals surface area contributed by atoms with Crippen LogP contribution in [0.4, 0.5) is 0 Å². The number of hydrogen-bond donors (Lipinski definition) is 0. The molecule has 0 aromatic carbocycles. The lowest BCUT2D eigenvalue weighted by Crippen LogP contribution is -2.20. The summed E-state index contributed by atoms with van der Waals surface area (Å²) in [6.07, 6.45) is 10.7. The highest BCUT2D eigenvalue weighted by Gasteiger charge is 2.22. The Bertz CT molecular complexity index is 441. The Labute approximate surface area is 133 Å². The average molecular weight is 303 g/mol. The fourth-order valence-corrected chi connectivity index (χ4v) is 2.27. The molecule has 2 radical (unpaired) electrons. The van der Waals surface area contributed by atoms with E-state index in [9.17, 15) is 9.59 Å². The second-order valence-corrected chi connectivity index (χ2v) is 6.15. The largest absolute Gasteiger partial charge is 0.378 e. The molecule has 2 rings (SSSR count). The molecule has 0 unspecified atom stereocenters. The van der Waals surface area contributed by atoms with E-state index in [1.165, 1.54) is 0 Å². The number of hydrogen-bond acceptors (Lipinski definition) is 4. The molecular weight excluding hydrogens is 278 g/mol. The van der Waals surface area contributed by atoms with Gasteiger partial charge in [0.2, 0.25) is 0 Å². The van der Waals surface area contributed by atoms with Gasteiger partial charge in [-0.15, -0.1) is 0 Å². The zero-order valence-corrected chi connectivity index (χ0v) is 13.5. The lowest BCUT2D eigenvalue weighted by atomic mass is 10.0.